The number of nitrogens with one attached hydrogen (secondary N) is 1. The van der Waals surface area contributed by atoms with Gasteiger partial charge in [0.2, 0.25) is 5.78 Å². The van der Waals surface area contributed by atoms with Gasteiger partial charge in [0.05, 0.1) is 29.3 Å². The van der Waals surface area contributed by atoms with Crippen LogP contribution in [-0.4, -0.2) is 36.9 Å². The number of Topliss-reactive ketones (excluding diaryl/α,β-unsaturated/α-hetero) is 1. The van der Waals surface area contributed by atoms with E-state index >= 15 is 0 Å². The van der Waals surface area contributed by atoms with E-state index in [2.05, 4.69) is 32.2 Å². The van der Waals surface area contributed by atoms with Crippen LogP contribution in [0.1, 0.15) is 44.7 Å². The maximum Gasteiger partial charge on any atom is 0.255 e. The van der Waals surface area contributed by atoms with Gasteiger partial charge in [-0.3, -0.25) is 9.59 Å². The van der Waals surface area contributed by atoms with E-state index < -0.39 is 0 Å². The molecule has 4 aromatic rings. The predicted molar refractivity (Wildman–Crippen MR) is 174 cm³/mol. The van der Waals surface area contributed by atoms with E-state index in [0.717, 1.165) is 24.3 Å². The summed E-state index contributed by atoms with van der Waals surface area (Å²) in [4.78, 5) is 41.8. The number of fused-ring (bicyclic) bond motifs is 1. The standard InChI is InChI=1S/C36H29N5O3/c1-24-21-28(41-19-6-7-20-41)17-18-30(24)39-32-22-33(44-23-38-27-15-13-26(37-2)14-16-27)35(42)29-11-8-12-31(34(29)32)40-36(43)25-9-4-3-5-10-25/h3-5,8-18,21-23H,6-7,19-20H2,1H3,(H,40,43). The molecule has 1 aliphatic carbocycles. The first kappa shape index (κ1) is 28.3. The maximum absolute atomic E-state index is 13.6. The number of ketones is 1. The molecule has 1 amide bonds. The molecule has 216 valence electrons. The third-order valence-electron chi connectivity index (χ3n) is 7.59. The van der Waals surface area contributed by atoms with Crippen LogP contribution in [0, 0.1) is 13.5 Å². The topological polar surface area (TPSA) is 87.7 Å². The van der Waals surface area contributed by atoms with Crippen molar-refractivity contribution in [1.82, 2.24) is 0 Å². The van der Waals surface area contributed by atoms with Crippen LogP contribution in [0.5, 0.6) is 0 Å². The van der Waals surface area contributed by atoms with Gasteiger partial charge >= 0.3 is 0 Å². The number of hydrogen-bond donors (Lipinski definition) is 1. The molecular formula is C36H29N5O3. The summed E-state index contributed by atoms with van der Waals surface area (Å²) in [5.41, 5.74) is 6.31. The number of aryl methyl sites for hydroxylation is 1. The highest BCUT2D eigenvalue weighted by atomic mass is 16.5. The minimum Gasteiger partial charge on any atom is -0.442 e. The molecule has 2 aliphatic rings. The van der Waals surface area contributed by atoms with Gasteiger partial charge in [0.15, 0.2) is 17.8 Å². The largest absolute Gasteiger partial charge is 0.442 e. The number of nitrogens with zero attached hydrogens (tertiary/aromatic N) is 4. The van der Waals surface area contributed by atoms with Crippen molar-refractivity contribution in [3.8, 4) is 0 Å². The molecule has 4 aromatic carbocycles. The Morgan fingerprint density at radius 3 is 2.48 bits per heavy atom. The fourth-order valence-corrected chi connectivity index (χ4v) is 5.30. The number of allylic oxidation sites excluding steroid dienone is 2. The average molecular weight is 580 g/mol. The van der Waals surface area contributed by atoms with E-state index in [1.807, 2.05) is 19.1 Å². The summed E-state index contributed by atoms with van der Waals surface area (Å²) in [7, 11) is 0. The fraction of sp³-hybridized carbons (Fsp3) is 0.139. The van der Waals surface area contributed by atoms with Gasteiger partial charge in [0.25, 0.3) is 5.91 Å². The van der Waals surface area contributed by atoms with E-state index in [1.165, 1.54) is 24.9 Å². The molecule has 0 atom stereocenters. The molecule has 1 heterocycles. The molecule has 1 saturated heterocycles. The number of benzene rings is 4. The molecule has 0 spiro atoms. The Kier molecular flexibility index (Phi) is 8.10. The molecule has 1 N–H and O–H groups in total. The van der Waals surface area contributed by atoms with E-state index in [-0.39, 0.29) is 17.4 Å². The lowest BCUT2D eigenvalue weighted by atomic mass is 9.91. The summed E-state index contributed by atoms with van der Waals surface area (Å²) in [6, 6.07) is 27.0. The predicted octanol–water partition coefficient (Wildman–Crippen LogP) is 7.98. The zero-order valence-electron chi connectivity index (χ0n) is 24.2. The fourth-order valence-electron chi connectivity index (χ4n) is 5.30. The molecule has 1 aliphatic heterocycles. The Hall–Kier alpha value is -5.81. The number of rotatable bonds is 7. The van der Waals surface area contributed by atoms with Crippen LogP contribution >= 0.6 is 0 Å². The van der Waals surface area contributed by atoms with Crippen LogP contribution in [0.4, 0.5) is 28.4 Å². The molecule has 44 heavy (non-hydrogen) atoms. The van der Waals surface area contributed by atoms with Crippen molar-refractivity contribution < 1.29 is 14.3 Å². The summed E-state index contributed by atoms with van der Waals surface area (Å²) < 4.78 is 5.77. The lowest BCUT2D eigenvalue weighted by Gasteiger charge is -2.21. The molecule has 1 fully saturated rings. The van der Waals surface area contributed by atoms with Crippen LogP contribution in [0.2, 0.25) is 0 Å². The quantitative estimate of drug-likeness (QED) is 0.137. The van der Waals surface area contributed by atoms with Gasteiger partial charge in [-0.2, -0.15) is 0 Å². The van der Waals surface area contributed by atoms with E-state index in [0.29, 0.717) is 39.5 Å². The monoisotopic (exact) mass is 579 g/mol. The van der Waals surface area contributed by atoms with Crippen molar-refractivity contribution in [3.05, 3.63) is 137 Å². The van der Waals surface area contributed by atoms with Crippen molar-refractivity contribution in [2.24, 2.45) is 9.98 Å². The summed E-state index contributed by atoms with van der Waals surface area (Å²) in [5, 5.41) is 2.98. The molecule has 0 bridgehead atoms. The van der Waals surface area contributed by atoms with Gasteiger partial charge in [-0.15, -0.1) is 0 Å². The highest BCUT2D eigenvalue weighted by molar-refractivity contribution is 6.29. The van der Waals surface area contributed by atoms with Gasteiger partial charge in [-0.25, -0.2) is 14.8 Å². The second kappa shape index (κ2) is 12.6. The molecule has 8 heteroatoms. The number of carbonyl (C=O) groups excluding carboxylic acids is 2. The van der Waals surface area contributed by atoms with E-state index in [9.17, 15) is 9.59 Å². The third-order valence-corrected chi connectivity index (χ3v) is 7.59. The normalized spacial score (nSPS) is 15.2. The van der Waals surface area contributed by atoms with Gasteiger partial charge in [-0.1, -0.05) is 42.5 Å². The van der Waals surface area contributed by atoms with Crippen molar-refractivity contribution in [2.75, 3.05) is 23.3 Å². The summed E-state index contributed by atoms with van der Waals surface area (Å²) in [5.74, 6) is -0.597. The number of anilines is 2. The van der Waals surface area contributed by atoms with Crippen molar-refractivity contribution in [2.45, 2.75) is 19.8 Å². The molecule has 0 aromatic heterocycles. The van der Waals surface area contributed by atoms with Crippen molar-refractivity contribution >= 4 is 52.2 Å². The first-order chi connectivity index (χ1) is 21.5. The third kappa shape index (κ3) is 6.03. The molecule has 8 nitrogen and oxygen atoms in total. The second-order valence-electron chi connectivity index (χ2n) is 10.5. The highest BCUT2D eigenvalue weighted by Gasteiger charge is 2.29. The Bertz CT molecular complexity index is 1860. The molecule has 0 saturated carbocycles. The van der Waals surface area contributed by atoms with Crippen LogP contribution in [0.3, 0.4) is 0 Å². The Morgan fingerprint density at radius 1 is 0.977 bits per heavy atom. The average Bonchev–Trinajstić information content (AvgIpc) is 3.60. The number of hydrogen-bond acceptors (Lipinski definition) is 6. The molecule has 0 radical (unpaired) electrons. The summed E-state index contributed by atoms with van der Waals surface area (Å²) in [6.45, 7) is 11.2. The van der Waals surface area contributed by atoms with Gasteiger partial charge in [0.1, 0.15) is 0 Å². The van der Waals surface area contributed by atoms with Crippen LogP contribution in [-0.2, 0) is 4.74 Å². The zero-order chi connectivity index (χ0) is 30.5. The van der Waals surface area contributed by atoms with Gasteiger partial charge in [-0.05, 0) is 73.9 Å². The minimum absolute atomic E-state index is 0.0515. The number of ether oxygens (including phenoxy) is 1. The van der Waals surface area contributed by atoms with Crippen LogP contribution in [0.15, 0.2) is 113 Å². The van der Waals surface area contributed by atoms with Crippen LogP contribution < -0.4 is 10.2 Å². The lowest BCUT2D eigenvalue weighted by molar-refractivity contribution is 0.0981. The second-order valence-corrected chi connectivity index (χ2v) is 10.5. The van der Waals surface area contributed by atoms with Gasteiger partial charge in [0, 0.05) is 41.5 Å². The van der Waals surface area contributed by atoms with E-state index in [1.54, 1.807) is 72.8 Å². The SMILES string of the molecule is [C-]#[N+]c1ccc(N=COC2=CC(=Nc3ccc(N4CCCC4)cc3C)c3c(NC(=O)c4ccccc4)cccc3C2=O)cc1. The highest BCUT2D eigenvalue weighted by Crippen LogP contribution is 2.33. The smallest absolute Gasteiger partial charge is 0.255 e. The lowest BCUT2D eigenvalue weighted by Crippen LogP contribution is -2.22. The Balaban J connectivity index is 1.38. The number of carbonyl (C=O) groups is 2. The minimum atomic E-state index is -0.356. The summed E-state index contributed by atoms with van der Waals surface area (Å²) in [6.07, 6.45) is 5.17. The maximum atomic E-state index is 13.6. The van der Waals surface area contributed by atoms with Gasteiger partial charge < -0.3 is 15.0 Å². The first-order valence-corrected chi connectivity index (χ1v) is 14.4. The molecule has 6 rings (SSSR count). The zero-order valence-corrected chi connectivity index (χ0v) is 24.2. The van der Waals surface area contributed by atoms with E-state index in [4.69, 9.17) is 16.3 Å². The summed E-state index contributed by atoms with van der Waals surface area (Å²) >= 11 is 0. The Labute approximate surface area is 255 Å². The molecule has 0 unspecified atom stereocenters. The Morgan fingerprint density at radius 2 is 1.75 bits per heavy atom. The van der Waals surface area contributed by atoms with Crippen molar-refractivity contribution in [1.29, 1.82) is 0 Å². The number of amides is 1. The number of aliphatic imine (C=N–C) groups is 2. The van der Waals surface area contributed by atoms with Crippen molar-refractivity contribution in [3.63, 3.8) is 0 Å². The first-order valence-electron chi connectivity index (χ1n) is 14.4. The van der Waals surface area contributed by atoms with Crippen LogP contribution in [0.25, 0.3) is 4.85 Å². The molecular weight excluding hydrogens is 550 g/mol.